The van der Waals surface area contributed by atoms with Crippen LogP contribution in [-0.2, 0) is 0 Å². The van der Waals surface area contributed by atoms with E-state index < -0.39 is 5.91 Å². The first kappa shape index (κ1) is 23.0. The maximum Gasteiger partial charge on any atom is 0.266 e. The Morgan fingerprint density at radius 1 is 1.16 bits per heavy atom. The Morgan fingerprint density at radius 2 is 1.81 bits per heavy atom. The molecule has 8 heteroatoms. The minimum Gasteiger partial charge on any atom is -0.330 e. The van der Waals surface area contributed by atoms with Crippen LogP contribution in [0.1, 0.15) is 31.3 Å². The Morgan fingerprint density at radius 3 is 2.42 bits per heavy atom. The summed E-state index contributed by atoms with van der Waals surface area (Å²) in [5.74, 6) is -0.681. The molecule has 31 heavy (non-hydrogen) atoms. The summed E-state index contributed by atoms with van der Waals surface area (Å²) in [5.41, 5.74) is 2.08. The first-order chi connectivity index (χ1) is 14.8. The Hall–Kier alpha value is -2.67. The van der Waals surface area contributed by atoms with Crippen molar-refractivity contribution in [3.63, 3.8) is 0 Å². The van der Waals surface area contributed by atoms with E-state index in [2.05, 4.69) is 23.5 Å². The lowest BCUT2D eigenvalue weighted by molar-refractivity contribution is 0.0796. The third-order valence-corrected chi connectivity index (χ3v) is 6.68. The summed E-state index contributed by atoms with van der Waals surface area (Å²) in [4.78, 5) is 33.5. The van der Waals surface area contributed by atoms with E-state index in [4.69, 9.17) is 23.2 Å². The molecule has 5 nitrogen and oxygen atoms in total. The van der Waals surface area contributed by atoms with Gasteiger partial charge in [-0.05, 0) is 31.5 Å². The van der Waals surface area contributed by atoms with Gasteiger partial charge in [-0.2, -0.15) is 0 Å². The Bertz CT molecular complexity index is 1190. The van der Waals surface area contributed by atoms with Gasteiger partial charge < -0.3 is 10.2 Å². The number of nitrogens with zero attached hydrogens (tertiary/aromatic N) is 2. The number of anilines is 1. The predicted octanol–water partition coefficient (Wildman–Crippen LogP) is 6.29. The molecular formula is C23H21Cl2N3O2S. The fourth-order valence-corrected chi connectivity index (χ4v) is 4.78. The van der Waals surface area contributed by atoms with Crippen molar-refractivity contribution in [3.8, 4) is 0 Å². The molecule has 1 N–H and O–H groups in total. The first-order valence-corrected chi connectivity index (χ1v) is 11.0. The largest absolute Gasteiger partial charge is 0.330 e. The smallest absolute Gasteiger partial charge is 0.266 e. The molecule has 0 aliphatic carbocycles. The molecule has 2 heterocycles. The van der Waals surface area contributed by atoms with Crippen LogP contribution in [0.15, 0.2) is 49.6 Å². The second-order valence-electron chi connectivity index (χ2n) is 6.84. The standard InChI is InChI=1S/C23H21Cl2N3O2S/c1-5-11-28(12-6-2)23(30)20-19(27-21(29)15-9-7-8-10-16(15)24)17-13(3)18(25)14(4)26-22(17)31-20/h5-10H,1-2,11-12H2,3-4H3,(H,27,29). The molecule has 0 bridgehead atoms. The van der Waals surface area contributed by atoms with Crippen LogP contribution in [0.3, 0.4) is 0 Å². The molecule has 0 aliphatic rings. The molecule has 2 aromatic heterocycles. The number of nitrogens with one attached hydrogen (secondary N) is 1. The topological polar surface area (TPSA) is 62.3 Å². The van der Waals surface area contributed by atoms with Crippen LogP contribution < -0.4 is 5.32 Å². The van der Waals surface area contributed by atoms with Gasteiger partial charge in [-0.25, -0.2) is 4.98 Å². The van der Waals surface area contributed by atoms with Gasteiger partial charge in [-0.15, -0.1) is 24.5 Å². The average molecular weight is 474 g/mol. The molecule has 0 unspecified atom stereocenters. The highest BCUT2D eigenvalue weighted by atomic mass is 35.5. The van der Waals surface area contributed by atoms with E-state index in [9.17, 15) is 9.59 Å². The molecular weight excluding hydrogens is 453 g/mol. The Labute approximate surface area is 195 Å². The molecule has 1 aromatic carbocycles. The number of hydrogen-bond donors (Lipinski definition) is 1. The third-order valence-electron chi connectivity index (χ3n) is 4.72. The molecule has 0 radical (unpaired) electrons. The maximum atomic E-state index is 13.4. The van der Waals surface area contributed by atoms with Crippen molar-refractivity contribution in [2.75, 3.05) is 18.4 Å². The normalized spacial score (nSPS) is 10.7. The first-order valence-electron chi connectivity index (χ1n) is 9.46. The maximum absolute atomic E-state index is 13.4. The number of aromatic nitrogens is 1. The molecule has 0 spiro atoms. The highest BCUT2D eigenvalue weighted by Crippen LogP contribution is 2.41. The Balaban J connectivity index is 2.20. The van der Waals surface area contributed by atoms with Crippen molar-refractivity contribution in [3.05, 3.63) is 81.3 Å². The number of hydrogen-bond acceptors (Lipinski definition) is 4. The van der Waals surface area contributed by atoms with Crippen molar-refractivity contribution < 1.29 is 9.59 Å². The minimum atomic E-state index is -0.422. The molecule has 2 amide bonds. The zero-order valence-corrected chi connectivity index (χ0v) is 19.5. The van der Waals surface area contributed by atoms with E-state index in [0.29, 0.717) is 55.2 Å². The van der Waals surface area contributed by atoms with Crippen molar-refractivity contribution in [1.29, 1.82) is 0 Å². The number of pyridine rings is 1. The number of thiophene rings is 1. The molecule has 0 aliphatic heterocycles. The molecule has 160 valence electrons. The Kier molecular flexibility index (Phi) is 7.15. The molecule has 3 rings (SSSR count). The van der Waals surface area contributed by atoms with Gasteiger partial charge in [0, 0.05) is 18.5 Å². The van der Waals surface area contributed by atoms with Gasteiger partial charge in [0.2, 0.25) is 0 Å². The molecule has 0 saturated carbocycles. The van der Waals surface area contributed by atoms with Gasteiger partial charge in [-0.1, -0.05) is 47.5 Å². The lowest BCUT2D eigenvalue weighted by Crippen LogP contribution is -2.31. The summed E-state index contributed by atoms with van der Waals surface area (Å²) in [5, 5.41) is 4.34. The number of benzene rings is 1. The second-order valence-corrected chi connectivity index (χ2v) is 8.63. The predicted molar refractivity (Wildman–Crippen MR) is 130 cm³/mol. The highest BCUT2D eigenvalue weighted by molar-refractivity contribution is 7.21. The number of fused-ring (bicyclic) bond motifs is 1. The van der Waals surface area contributed by atoms with Crippen LogP contribution in [0.4, 0.5) is 5.69 Å². The fraction of sp³-hybridized carbons (Fsp3) is 0.174. The minimum absolute atomic E-state index is 0.259. The van der Waals surface area contributed by atoms with Gasteiger partial charge in [0.25, 0.3) is 11.8 Å². The number of carbonyl (C=O) groups excluding carboxylic acids is 2. The molecule has 0 saturated heterocycles. The zero-order chi connectivity index (χ0) is 22.7. The van der Waals surface area contributed by atoms with Gasteiger partial charge in [0.1, 0.15) is 9.71 Å². The van der Waals surface area contributed by atoms with Crippen LogP contribution in [0.2, 0.25) is 10.0 Å². The summed E-state index contributed by atoms with van der Waals surface area (Å²) in [7, 11) is 0. The fourth-order valence-electron chi connectivity index (χ4n) is 3.22. The number of rotatable bonds is 7. The van der Waals surface area contributed by atoms with Crippen molar-refractivity contribution in [1.82, 2.24) is 9.88 Å². The SMILES string of the molecule is C=CCN(CC=C)C(=O)c1sc2nc(C)c(Cl)c(C)c2c1NC(=O)c1ccccc1Cl. The summed E-state index contributed by atoms with van der Waals surface area (Å²) in [6.07, 6.45) is 3.28. The van der Waals surface area contributed by atoms with E-state index in [0.717, 1.165) is 5.56 Å². The van der Waals surface area contributed by atoms with Gasteiger partial charge >= 0.3 is 0 Å². The van der Waals surface area contributed by atoms with E-state index in [1.807, 2.05) is 6.92 Å². The van der Waals surface area contributed by atoms with Gasteiger partial charge in [0.05, 0.1) is 27.0 Å². The van der Waals surface area contributed by atoms with Crippen molar-refractivity contribution in [2.45, 2.75) is 13.8 Å². The van der Waals surface area contributed by atoms with E-state index in [-0.39, 0.29) is 5.91 Å². The summed E-state index contributed by atoms with van der Waals surface area (Å²) in [6, 6.07) is 6.73. The molecule has 0 fully saturated rings. The van der Waals surface area contributed by atoms with Crippen LogP contribution in [0.25, 0.3) is 10.2 Å². The monoisotopic (exact) mass is 473 g/mol. The second kappa shape index (κ2) is 9.64. The summed E-state index contributed by atoms with van der Waals surface area (Å²) in [6.45, 7) is 11.8. The zero-order valence-electron chi connectivity index (χ0n) is 17.2. The third kappa shape index (κ3) is 4.51. The molecule has 0 atom stereocenters. The van der Waals surface area contributed by atoms with Crippen molar-refractivity contribution >= 4 is 62.3 Å². The van der Waals surface area contributed by atoms with Crippen LogP contribution in [0, 0.1) is 13.8 Å². The summed E-state index contributed by atoms with van der Waals surface area (Å²) < 4.78 is 0. The number of amides is 2. The van der Waals surface area contributed by atoms with Crippen LogP contribution >= 0.6 is 34.5 Å². The van der Waals surface area contributed by atoms with Crippen molar-refractivity contribution in [2.24, 2.45) is 0 Å². The van der Waals surface area contributed by atoms with E-state index in [1.165, 1.54) is 11.3 Å². The lowest BCUT2D eigenvalue weighted by atomic mass is 10.1. The van der Waals surface area contributed by atoms with E-state index in [1.54, 1.807) is 48.2 Å². The van der Waals surface area contributed by atoms with Gasteiger partial charge in [-0.3, -0.25) is 9.59 Å². The quantitative estimate of drug-likeness (QED) is 0.410. The molecule has 3 aromatic rings. The van der Waals surface area contributed by atoms with E-state index >= 15 is 0 Å². The summed E-state index contributed by atoms with van der Waals surface area (Å²) >= 11 is 13.9. The number of halogens is 2. The number of aryl methyl sites for hydroxylation is 2. The van der Waals surface area contributed by atoms with Crippen LogP contribution in [-0.4, -0.2) is 34.8 Å². The highest BCUT2D eigenvalue weighted by Gasteiger charge is 2.27. The van der Waals surface area contributed by atoms with Gasteiger partial charge in [0.15, 0.2) is 0 Å². The van der Waals surface area contributed by atoms with Crippen LogP contribution in [0.5, 0.6) is 0 Å². The average Bonchev–Trinajstić information content (AvgIpc) is 3.09. The number of carbonyl (C=O) groups is 2. The lowest BCUT2D eigenvalue weighted by Gasteiger charge is -2.19.